The van der Waals surface area contributed by atoms with Gasteiger partial charge in [0.2, 0.25) is 0 Å². The van der Waals surface area contributed by atoms with E-state index in [9.17, 15) is 4.39 Å². The zero-order chi connectivity index (χ0) is 14.4. The summed E-state index contributed by atoms with van der Waals surface area (Å²) in [7, 11) is 2.02. The fraction of sp³-hybridized carbons (Fsp3) is 0.600. The van der Waals surface area contributed by atoms with Crippen molar-refractivity contribution in [1.29, 1.82) is 0 Å². The lowest BCUT2D eigenvalue weighted by Crippen LogP contribution is -2.33. The van der Waals surface area contributed by atoms with E-state index in [1.165, 1.54) is 6.07 Å². The molecule has 0 aromatic heterocycles. The Bertz CT molecular complexity index is 398. The van der Waals surface area contributed by atoms with Gasteiger partial charge in [-0.2, -0.15) is 11.8 Å². The average molecular weight is 284 g/mol. The van der Waals surface area contributed by atoms with Crippen LogP contribution in [-0.2, 0) is 6.42 Å². The molecule has 0 fully saturated rings. The van der Waals surface area contributed by atoms with Crippen LogP contribution in [-0.4, -0.2) is 31.1 Å². The zero-order valence-corrected chi connectivity index (χ0v) is 13.1. The summed E-state index contributed by atoms with van der Waals surface area (Å²) in [6.07, 6.45) is 3.54. The average Bonchev–Trinajstić information content (AvgIpc) is 2.40. The molecule has 0 aliphatic heterocycles. The number of benzene rings is 1. The molecule has 2 N–H and O–H groups in total. The number of halogens is 1. The smallest absolute Gasteiger partial charge is 0.128 e. The van der Waals surface area contributed by atoms with Crippen molar-refractivity contribution in [3.63, 3.8) is 0 Å². The first kappa shape index (κ1) is 16.3. The highest BCUT2D eigenvalue weighted by Gasteiger charge is 2.17. The summed E-state index contributed by atoms with van der Waals surface area (Å²) in [6, 6.07) is 5.66. The molecule has 19 heavy (non-hydrogen) atoms. The molecule has 0 heterocycles. The molecule has 0 aliphatic rings. The van der Waals surface area contributed by atoms with Gasteiger partial charge in [-0.05, 0) is 38.2 Å². The minimum absolute atomic E-state index is 0.0138. The normalized spacial score (nSPS) is 14.2. The lowest BCUT2D eigenvalue weighted by molar-refractivity contribution is 0.576. The number of nitrogens with two attached hydrogens (primary N) is 1. The highest BCUT2D eigenvalue weighted by Crippen LogP contribution is 2.26. The topological polar surface area (TPSA) is 29.3 Å². The highest BCUT2D eigenvalue weighted by molar-refractivity contribution is 7.98. The maximum absolute atomic E-state index is 14.1. The predicted octanol–water partition coefficient (Wildman–Crippen LogP) is 3.29. The number of hydrogen-bond acceptors (Lipinski definition) is 3. The Morgan fingerprint density at radius 3 is 2.68 bits per heavy atom. The highest BCUT2D eigenvalue weighted by atomic mass is 32.2. The largest absolute Gasteiger partial charge is 0.371 e. The van der Waals surface area contributed by atoms with Crippen LogP contribution in [0.4, 0.5) is 10.1 Å². The zero-order valence-electron chi connectivity index (χ0n) is 12.3. The van der Waals surface area contributed by atoms with Crippen LogP contribution in [0.25, 0.3) is 0 Å². The van der Waals surface area contributed by atoms with Crippen molar-refractivity contribution < 1.29 is 4.39 Å². The predicted molar refractivity (Wildman–Crippen MR) is 84.6 cm³/mol. The molecule has 108 valence electrons. The van der Waals surface area contributed by atoms with Gasteiger partial charge in [0.05, 0.1) is 0 Å². The third-order valence-electron chi connectivity index (χ3n) is 3.53. The van der Waals surface area contributed by atoms with E-state index >= 15 is 0 Å². The number of hydrogen-bond donors (Lipinski definition) is 1. The number of anilines is 1. The van der Waals surface area contributed by atoms with Crippen LogP contribution in [0, 0.1) is 5.82 Å². The van der Waals surface area contributed by atoms with E-state index in [-0.39, 0.29) is 11.9 Å². The van der Waals surface area contributed by atoms with Crippen LogP contribution in [0.2, 0.25) is 0 Å². The Labute approximate surface area is 120 Å². The van der Waals surface area contributed by atoms with Gasteiger partial charge in [-0.1, -0.05) is 13.0 Å². The first-order valence-electron chi connectivity index (χ1n) is 6.76. The van der Waals surface area contributed by atoms with Crippen LogP contribution in [0.3, 0.4) is 0 Å². The molecule has 2 nitrogen and oxygen atoms in total. The van der Waals surface area contributed by atoms with E-state index < -0.39 is 0 Å². The maximum atomic E-state index is 14.1. The molecule has 0 spiro atoms. The van der Waals surface area contributed by atoms with E-state index in [2.05, 4.69) is 18.1 Å². The molecule has 1 rings (SSSR count). The van der Waals surface area contributed by atoms with Gasteiger partial charge in [-0.25, -0.2) is 4.39 Å². The Balaban J connectivity index is 3.02. The number of rotatable bonds is 7. The molecular formula is C15H25FN2S. The second-order valence-electron chi connectivity index (χ2n) is 5.03. The van der Waals surface area contributed by atoms with Crippen molar-refractivity contribution in [2.75, 3.05) is 24.0 Å². The lowest BCUT2D eigenvalue weighted by atomic mass is 10.0. The quantitative estimate of drug-likeness (QED) is 0.833. The van der Waals surface area contributed by atoms with Crippen molar-refractivity contribution in [3.05, 3.63) is 29.6 Å². The third-order valence-corrected chi connectivity index (χ3v) is 4.35. The van der Waals surface area contributed by atoms with Gasteiger partial charge in [0.25, 0.3) is 0 Å². The summed E-state index contributed by atoms with van der Waals surface area (Å²) in [5.74, 6) is 0.872. The van der Waals surface area contributed by atoms with Gasteiger partial charge < -0.3 is 10.6 Å². The summed E-state index contributed by atoms with van der Waals surface area (Å²) in [6.45, 7) is 4.19. The van der Waals surface area contributed by atoms with Gasteiger partial charge >= 0.3 is 0 Å². The van der Waals surface area contributed by atoms with Crippen molar-refractivity contribution in [3.8, 4) is 0 Å². The van der Waals surface area contributed by atoms with Crippen molar-refractivity contribution in [2.45, 2.75) is 38.8 Å². The summed E-state index contributed by atoms with van der Waals surface area (Å²) in [4.78, 5) is 2.15. The minimum atomic E-state index is -0.149. The monoisotopic (exact) mass is 284 g/mol. The fourth-order valence-corrected chi connectivity index (χ4v) is 2.78. The molecule has 2 unspecified atom stereocenters. The van der Waals surface area contributed by atoms with Crippen molar-refractivity contribution in [2.24, 2.45) is 5.73 Å². The number of thioether (sulfide) groups is 1. The molecule has 0 radical (unpaired) electrons. The number of nitrogens with zero attached hydrogens (tertiary/aromatic N) is 1. The Kier molecular flexibility index (Phi) is 6.66. The first-order valence-corrected chi connectivity index (χ1v) is 8.15. The Morgan fingerprint density at radius 2 is 2.11 bits per heavy atom. The SMILES string of the molecule is CCC(N)Cc1c(F)cccc1N(C)C(C)CSC. The molecule has 0 amide bonds. The molecule has 0 bridgehead atoms. The summed E-state index contributed by atoms with van der Waals surface area (Å²) < 4.78 is 14.1. The van der Waals surface area contributed by atoms with Crippen molar-refractivity contribution >= 4 is 17.4 Å². The van der Waals surface area contributed by atoms with Crippen LogP contribution in [0.5, 0.6) is 0 Å². The fourth-order valence-electron chi connectivity index (χ4n) is 2.08. The van der Waals surface area contributed by atoms with Crippen LogP contribution in [0.1, 0.15) is 25.8 Å². The standard InChI is InChI=1S/C15H25FN2S/c1-5-12(17)9-13-14(16)7-6-8-15(13)18(3)11(2)10-19-4/h6-8,11-12H,5,9-10,17H2,1-4H3. The summed E-state index contributed by atoms with van der Waals surface area (Å²) in [5.41, 5.74) is 7.69. The summed E-state index contributed by atoms with van der Waals surface area (Å²) >= 11 is 1.80. The van der Waals surface area contributed by atoms with Crippen LogP contribution < -0.4 is 10.6 Å². The second-order valence-corrected chi connectivity index (χ2v) is 5.94. The lowest BCUT2D eigenvalue weighted by Gasteiger charge is -2.29. The molecule has 2 atom stereocenters. The van der Waals surface area contributed by atoms with Crippen LogP contribution >= 0.6 is 11.8 Å². The first-order chi connectivity index (χ1) is 9.01. The van der Waals surface area contributed by atoms with Gasteiger partial charge in [0, 0.05) is 36.1 Å². The van der Waals surface area contributed by atoms with E-state index in [4.69, 9.17) is 5.73 Å². The third kappa shape index (κ3) is 4.39. The van der Waals surface area contributed by atoms with E-state index in [1.54, 1.807) is 17.8 Å². The van der Waals surface area contributed by atoms with E-state index in [1.807, 2.05) is 20.0 Å². The molecule has 4 heteroatoms. The molecule has 0 saturated carbocycles. The Morgan fingerprint density at radius 1 is 1.42 bits per heavy atom. The van der Waals surface area contributed by atoms with Gasteiger partial charge in [0.15, 0.2) is 0 Å². The second kappa shape index (κ2) is 7.75. The maximum Gasteiger partial charge on any atom is 0.128 e. The Hall–Kier alpha value is -0.740. The summed E-state index contributed by atoms with van der Waals surface area (Å²) in [5, 5.41) is 0. The molecule has 0 saturated heterocycles. The molecule has 1 aromatic rings. The molecule has 0 aliphatic carbocycles. The molecular weight excluding hydrogens is 259 g/mol. The van der Waals surface area contributed by atoms with Gasteiger partial charge in [-0.15, -0.1) is 0 Å². The van der Waals surface area contributed by atoms with Gasteiger partial charge in [0.1, 0.15) is 5.82 Å². The van der Waals surface area contributed by atoms with E-state index in [0.717, 1.165) is 23.4 Å². The minimum Gasteiger partial charge on any atom is -0.371 e. The van der Waals surface area contributed by atoms with E-state index in [0.29, 0.717) is 12.5 Å². The van der Waals surface area contributed by atoms with Crippen LogP contribution in [0.15, 0.2) is 18.2 Å². The van der Waals surface area contributed by atoms with Crippen molar-refractivity contribution in [1.82, 2.24) is 0 Å². The van der Waals surface area contributed by atoms with Gasteiger partial charge in [-0.3, -0.25) is 0 Å². The molecule has 1 aromatic carbocycles.